The van der Waals surface area contributed by atoms with Crippen molar-refractivity contribution in [1.82, 2.24) is 4.90 Å². The van der Waals surface area contributed by atoms with Gasteiger partial charge in [-0.05, 0) is 54.6 Å². The van der Waals surface area contributed by atoms with E-state index in [-0.39, 0.29) is 18.0 Å². The van der Waals surface area contributed by atoms with Crippen LogP contribution in [0.5, 0.6) is 0 Å². The van der Waals surface area contributed by atoms with Crippen LogP contribution in [-0.4, -0.2) is 66.2 Å². The number of β-amino-alcohol motifs (C(OH)–C–C–N with tert-alkyl or cyclic N) is 1. The minimum absolute atomic E-state index is 0. The third-order valence-electron chi connectivity index (χ3n) is 5.00. The molecule has 2 aromatic rings. The van der Waals surface area contributed by atoms with Gasteiger partial charge in [0.25, 0.3) is 0 Å². The summed E-state index contributed by atoms with van der Waals surface area (Å²) in [6.07, 6.45) is 3.06. The Labute approximate surface area is 176 Å². The van der Waals surface area contributed by atoms with Gasteiger partial charge in [0.15, 0.2) is 0 Å². The SMILES string of the molecule is CSc1ccc(CCN2CC(O)(CN(C)c3ccc(C(=O)O)cc3)C2)cc1.Cl. The summed E-state index contributed by atoms with van der Waals surface area (Å²) in [4.78, 5) is 16.5. The molecule has 0 spiro atoms. The molecule has 2 N–H and O–H groups in total. The molecule has 0 radical (unpaired) electrons. The first-order valence-electron chi connectivity index (χ1n) is 9.01. The molecule has 152 valence electrons. The number of nitrogens with zero attached hydrogens (tertiary/aromatic N) is 2. The second-order valence-electron chi connectivity index (χ2n) is 7.24. The lowest BCUT2D eigenvalue weighted by Crippen LogP contribution is -2.66. The van der Waals surface area contributed by atoms with Crippen molar-refractivity contribution in [3.05, 3.63) is 59.7 Å². The van der Waals surface area contributed by atoms with Gasteiger partial charge in [0, 0.05) is 43.8 Å². The standard InChI is InChI=1S/C21H26N2O3S.ClH/c1-22(18-7-5-17(6-8-18)20(24)25)13-21(26)14-23(15-21)12-11-16-3-9-19(27-2)10-4-16;/h3-10,26H,11-15H2,1-2H3,(H,24,25);1H. The molecule has 0 amide bonds. The summed E-state index contributed by atoms with van der Waals surface area (Å²) >= 11 is 1.75. The average molecular weight is 423 g/mol. The molecule has 3 rings (SSSR count). The van der Waals surface area contributed by atoms with Crippen molar-refractivity contribution in [3.8, 4) is 0 Å². The van der Waals surface area contributed by atoms with E-state index in [1.165, 1.54) is 10.5 Å². The predicted octanol–water partition coefficient (Wildman–Crippen LogP) is 3.25. The van der Waals surface area contributed by atoms with E-state index >= 15 is 0 Å². The first kappa shape index (κ1) is 22.6. The molecule has 0 aromatic heterocycles. The Balaban J connectivity index is 0.00000280. The predicted molar refractivity (Wildman–Crippen MR) is 117 cm³/mol. The van der Waals surface area contributed by atoms with E-state index in [1.54, 1.807) is 36.0 Å². The molecular weight excluding hydrogens is 396 g/mol. The number of aliphatic hydroxyl groups is 1. The molecule has 1 saturated heterocycles. The highest BCUT2D eigenvalue weighted by atomic mass is 35.5. The number of halogens is 1. The number of benzene rings is 2. The summed E-state index contributed by atoms with van der Waals surface area (Å²) in [5, 5.41) is 19.7. The molecule has 1 heterocycles. The molecule has 2 aromatic carbocycles. The normalized spacial score (nSPS) is 15.4. The number of anilines is 1. The summed E-state index contributed by atoms with van der Waals surface area (Å²) in [6.45, 7) is 2.79. The van der Waals surface area contributed by atoms with Gasteiger partial charge in [0.2, 0.25) is 0 Å². The van der Waals surface area contributed by atoms with E-state index < -0.39 is 11.6 Å². The Kier molecular flexibility index (Phi) is 7.78. The van der Waals surface area contributed by atoms with Crippen LogP contribution in [0.1, 0.15) is 15.9 Å². The molecule has 28 heavy (non-hydrogen) atoms. The van der Waals surface area contributed by atoms with Crippen molar-refractivity contribution in [1.29, 1.82) is 0 Å². The van der Waals surface area contributed by atoms with Crippen LogP contribution >= 0.6 is 24.2 Å². The van der Waals surface area contributed by atoms with E-state index in [9.17, 15) is 9.90 Å². The minimum atomic E-state index is -0.930. The number of carboxylic acids is 1. The molecule has 0 saturated carbocycles. The van der Waals surface area contributed by atoms with Gasteiger partial charge in [0.1, 0.15) is 5.60 Å². The maximum Gasteiger partial charge on any atom is 0.335 e. The zero-order valence-electron chi connectivity index (χ0n) is 16.2. The average Bonchev–Trinajstić information content (AvgIpc) is 2.65. The molecule has 1 aliphatic heterocycles. The van der Waals surface area contributed by atoms with Crippen molar-refractivity contribution in [2.24, 2.45) is 0 Å². The van der Waals surface area contributed by atoms with Crippen LogP contribution in [-0.2, 0) is 6.42 Å². The fraction of sp³-hybridized carbons (Fsp3) is 0.381. The number of rotatable bonds is 8. The number of aromatic carboxylic acids is 1. The van der Waals surface area contributed by atoms with Gasteiger partial charge >= 0.3 is 5.97 Å². The van der Waals surface area contributed by atoms with Crippen molar-refractivity contribution in [3.63, 3.8) is 0 Å². The van der Waals surface area contributed by atoms with Gasteiger partial charge in [-0.15, -0.1) is 24.2 Å². The summed E-state index contributed by atoms with van der Waals surface area (Å²) in [5.74, 6) is -0.930. The highest BCUT2D eigenvalue weighted by Crippen LogP contribution is 2.25. The number of likely N-dealkylation sites (N-methyl/N-ethyl adjacent to an activating group) is 1. The zero-order valence-corrected chi connectivity index (χ0v) is 17.8. The highest BCUT2D eigenvalue weighted by molar-refractivity contribution is 7.98. The Morgan fingerprint density at radius 2 is 1.75 bits per heavy atom. The topological polar surface area (TPSA) is 64.0 Å². The van der Waals surface area contributed by atoms with Gasteiger partial charge in [-0.25, -0.2) is 4.79 Å². The summed E-state index contributed by atoms with van der Waals surface area (Å²) in [5.41, 5.74) is 1.77. The first-order chi connectivity index (χ1) is 12.9. The van der Waals surface area contributed by atoms with Crippen LogP contribution in [0.4, 0.5) is 5.69 Å². The molecule has 7 heteroatoms. The lowest BCUT2D eigenvalue weighted by atomic mass is 9.92. The Hall–Kier alpha value is -1.73. The Morgan fingerprint density at radius 3 is 2.29 bits per heavy atom. The summed E-state index contributed by atoms with van der Waals surface area (Å²) < 4.78 is 0. The number of hydrogen-bond donors (Lipinski definition) is 2. The molecule has 0 atom stereocenters. The fourth-order valence-corrected chi connectivity index (χ4v) is 3.92. The van der Waals surface area contributed by atoms with E-state index in [2.05, 4.69) is 35.4 Å². The molecule has 5 nitrogen and oxygen atoms in total. The van der Waals surface area contributed by atoms with Crippen LogP contribution in [0.2, 0.25) is 0 Å². The van der Waals surface area contributed by atoms with Gasteiger partial charge in [-0.3, -0.25) is 4.90 Å². The maximum atomic E-state index is 10.9. The highest BCUT2D eigenvalue weighted by Gasteiger charge is 2.41. The van der Waals surface area contributed by atoms with Crippen LogP contribution in [0, 0.1) is 0 Å². The summed E-state index contributed by atoms with van der Waals surface area (Å²) in [7, 11) is 1.92. The van der Waals surface area contributed by atoms with Crippen LogP contribution in [0.25, 0.3) is 0 Å². The summed E-state index contributed by atoms with van der Waals surface area (Å²) in [6, 6.07) is 15.4. The largest absolute Gasteiger partial charge is 0.478 e. The second kappa shape index (κ2) is 9.65. The Morgan fingerprint density at radius 1 is 1.14 bits per heavy atom. The van der Waals surface area contributed by atoms with Gasteiger partial charge in [-0.1, -0.05) is 12.1 Å². The lowest BCUT2D eigenvalue weighted by Gasteiger charge is -2.48. The minimum Gasteiger partial charge on any atom is -0.478 e. The van der Waals surface area contributed by atoms with E-state index in [0.717, 1.165) is 18.7 Å². The fourth-order valence-electron chi connectivity index (χ4n) is 3.51. The molecule has 0 unspecified atom stereocenters. The third-order valence-corrected chi connectivity index (χ3v) is 5.74. The Bertz CT molecular complexity index is 777. The number of likely N-dealkylation sites (tertiary alicyclic amines) is 1. The molecule has 0 aliphatic carbocycles. The van der Waals surface area contributed by atoms with Crippen molar-refractivity contribution < 1.29 is 15.0 Å². The maximum absolute atomic E-state index is 10.9. The quantitative estimate of drug-likeness (QED) is 0.636. The van der Waals surface area contributed by atoms with Gasteiger partial charge < -0.3 is 15.1 Å². The smallest absolute Gasteiger partial charge is 0.335 e. The molecule has 0 bridgehead atoms. The van der Waals surface area contributed by atoms with E-state index in [0.29, 0.717) is 19.6 Å². The second-order valence-corrected chi connectivity index (χ2v) is 8.12. The van der Waals surface area contributed by atoms with Gasteiger partial charge in [-0.2, -0.15) is 0 Å². The van der Waals surface area contributed by atoms with Crippen LogP contribution < -0.4 is 4.90 Å². The first-order valence-corrected chi connectivity index (χ1v) is 10.2. The van der Waals surface area contributed by atoms with E-state index in [1.807, 2.05) is 11.9 Å². The number of carboxylic acid groups (broad SMARTS) is 1. The number of thioether (sulfide) groups is 1. The van der Waals surface area contributed by atoms with Gasteiger partial charge in [0.05, 0.1) is 5.56 Å². The molecular formula is C21H27ClN2O3S. The van der Waals surface area contributed by atoms with Crippen molar-refractivity contribution >= 4 is 35.8 Å². The molecule has 1 fully saturated rings. The lowest BCUT2D eigenvalue weighted by molar-refractivity contribution is -0.0896. The van der Waals surface area contributed by atoms with E-state index in [4.69, 9.17) is 5.11 Å². The van der Waals surface area contributed by atoms with Crippen LogP contribution in [0.3, 0.4) is 0 Å². The number of hydrogen-bond acceptors (Lipinski definition) is 5. The zero-order chi connectivity index (χ0) is 19.4. The monoisotopic (exact) mass is 422 g/mol. The molecule has 1 aliphatic rings. The third kappa shape index (κ3) is 5.64. The van der Waals surface area contributed by atoms with Crippen LogP contribution in [0.15, 0.2) is 53.4 Å². The van der Waals surface area contributed by atoms with Crippen molar-refractivity contribution in [2.45, 2.75) is 16.9 Å². The van der Waals surface area contributed by atoms with Crippen molar-refractivity contribution in [2.75, 3.05) is 44.4 Å². The number of carbonyl (C=O) groups is 1.